The third-order valence-corrected chi connectivity index (χ3v) is 5.68. The van der Waals surface area contributed by atoms with Crippen molar-refractivity contribution in [1.29, 1.82) is 0 Å². The molecule has 0 radical (unpaired) electrons. The Labute approximate surface area is 149 Å². The molecule has 0 saturated heterocycles. The first-order chi connectivity index (χ1) is 11.0. The number of nitrogens with one attached hydrogen (secondary N) is 1. The van der Waals surface area contributed by atoms with Crippen LogP contribution in [-0.4, -0.2) is 12.1 Å². The zero-order valence-corrected chi connectivity index (χ0v) is 14.9. The molecule has 120 valence electrons. The summed E-state index contributed by atoms with van der Waals surface area (Å²) in [5, 5.41) is 5.04. The van der Waals surface area contributed by atoms with Crippen LogP contribution in [0, 0.1) is 5.92 Å². The van der Waals surface area contributed by atoms with Crippen molar-refractivity contribution >= 4 is 46.7 Å². The van der Waals surface area contributed by atoms with Crippen molar-refractivity contribution in [2.45, 2.75) is 26.2 Å². The molecule has 6 heteroatoms. The summed E-state index contributed by atoms with van der Waals surface area (Å²) in [5.41, 5.74) is 4.57. The lowest BCUT2D eigenvalue weighted by molar-refractivity contribution is 0.0959. The highest BCUT2D eigenvalue weighted by molar-refractivity contribution is 7.14. The second-order valence-corrected chi connectivity index (χ2v) is 7.75. The van der Waals surface area contributed by atoms with Gasteiger partial charge in [0.05, 0.1) is 16.1 Å². The third-order valence-electron chi connectivity index (χ3n) is 3.89. The van der Waals surface area contributed by atoms with Crippen molar-refractivity contribution in [2.24, 2.45) is 11.0 Å². The molecular weight excluding hydrogens is 351 g/mol. The van der Waals surface area contributed by atoms with E-state index in [0.717, 1.165) is 12.8 Å². The number of hydrogen-bond acceptors (Lipinski definition) is 3. The maximum Gasteiger partial charge on any atom is 0.281 e. The Morgan fingerprint density at radius 2 is 2.22 bits per heavy atom. The number of nitrogens with zero attached hydrogens (tertiary/aromatic N) is 1. The van der Waals surface area contributed by atoms with Crippen molar-refractivity contribution in [3.05, 3.63) is 55.2 Å². The van der Waals surface area contributed by atoms with Crippen LogP contribution in [0.25, 0.3) is 0 Å². The molecule has 1 unspecified atom stereocenters. The van der Waals surface area contributed by atoms with Crippen LogP contribution in [0.2, 0.25) is 10.0 Å². The lowest BCUT2D eigenvalue weighted by atomic mass is 9.90. The molecule has 1 heterocycles. The van der Waals surface area contributed by atoms with Gasteiger partial charge in [-0.2, -0.15) is 5.10 Å². The number of benzene rings is 1. The van der Waals surface area contributed by atoms with E-state index in [1.807, 2.05) is 6.07 Å². The van der Waals surface area contributed by atoms with Gasteiger partial charge in [-0.3, -0.25) is 4.79 Å². The quantitative estimate of drug-likeness (QED) is 0.606. The lowest BCUT2D eigenvalue weighted by Crippen LogP contribution is -2.16. The highest BCUT2D eigenvalue weighted by Crippen LogP contribution is 2.32. The normalized spacial score (nSPS) is 17.3. The minimum absolute atomic E-state index is 0.182. The van der Waals surface area contributed by atoms with Crippen molar-refractivity contribution in [1.82, 2.24) is 5.43 Å². The summed E-state index contributed by atoms with van der Waals surface area (Å²) in [7, 11) is 0. The van der Waals surface area contributed by atoms with Crippen LogP contribution in [-0.2, 0) is 12.8 Å². The summed E-state index contributed by atoms with van der Waals surface area (Å²) in [6.45, 7) is 2.25. The molecule has 1 amide bonds. The Bertz CT molecular complexity index is 770. The number of carbonyl (C=O) groups excluding carboxylic acids is 1. The van der Waals surface area contributed by atoms with E-state index in [1.54, 1.807) is 29.5 Å². The number of fused-ring (bicyclic) bond motifs is 1. The van der Waals surface area contributed by atoms with Crippen molar-refractivity contribution in [3.63, 3.8) is 0 Å². The van der Waals surface area contributed by atoms with Crippen LogP contribution in [0.15, 0.2) is 29.4 Å². The molecule has 1 aliphatic rings. The molecule has 1 N–H and O–H groups in total. The van der Waals surface area contributed by atoms with E-state index in [0.29, 0.717) is 26.4 Å². The highest BCUT2D eigenvalue weighted by Gasteiger charge is 2.20. The molecule has 0 aliphatic heterocycles. The molecule has 0 saturated carbocycles. The largest absolute Gasteiger partial charge is 0.281 e. The molecule has 0 fully saturated rings. The zero-order chi connectivity index (χ0) is 16.4. The van der Waals surface area contributed by atoms with Gasteiger partial charge in [-0.1, -0.05) is 36.2 Å². The van der Waals surface area contributed by atoms with Gasteiger partial charge in [-0.25, -0.2) is 5.43 Å². The van der Waals surface area contributed by atoms with E-state index in [9.17, 15) is 4.79 Å². The van der Waals surface area contributed by atoms with E-state index in [-0.39, 0.29) is 5.91 Å². The third kappa shape index (κ3) is 3.94. The number of aryl methyl sites for hydroxylation is 1. The van der Waals surface area contributed by atoms with E-state index < -0.39 is 0 Å². The summed E-state index contributed by atoms with van der Waals surface area (Å²) in [6, 6.07) is 7.12. The second kappa shape index (κ2) is 7.04. The number of hydrogen-bond donors (Lipinski definition) is 1. The van der Waals surface area contributed by atoms with Gasteiger partial charge in [0.25, 0.3) is 5.91 Å². The molecule has 3 rings (SSSR count). The highest BCUT2D eigenvalue weighted by atomic mass is 35.5. The van der Waals surface area contributed by atoms with Gasteiger partial charge in [0.2, 0.25) is 0 Å². The van der Waals surface area contributed by atoms with Gasteiger partial charge >= 0.3 is 0 Å². The van der Waals surface area contributed by atoms with Gasteiger partial charge in [0.1, 0.15) is 0 Å². The molecule has 1 aromatic carbocycles. The molecule has 2 aromatic rings. The van der Waals surface area contributed by atoms with Gasteiger partial charge in [-0.05, 0) is 48.9 Å². The monoisotopic (exact) mass is 366 g/mol. The van der Waals surface area contributed by atoms with Gasteiger partial charge in [0, 0.05) is 15.5 Å². The van der Waals surface area contributed by atoms with E-state index in [4.69, 9.17) is 23.2 Å². The van der Waals surface area contributed by atoms with Crippen LogP contribution in [0.4, 0.5) is 0 Å². The summed E-state index contributed by atoms with van der Waals surface area (Å²) in [6.07, 6.45) is 4.84. The van der Waals surface area contributed by atoms with Crippen molar-refractivity contribution in [2.75, 3.05) is 0 Å². The summed E-state index contributed by atoms with van der Waals surface area (Å²) < 4.78 is 0. The number of hydrazone groups is 1. The second-order valence-electron chi connectivity index (χ2n) is 5.77. The first-order valence-corrected chi connectivity index (χ1v) is 9.00. The van der Waals surface area contributed by atoms with Crippen LogP contribution in [0.5, 0.6) is 0 Å². The van der Waals surface area contributed by atoms with E-state index >= 15 is 0 Å². The van der Waals surface area contributed by atoms with Gasteiger partial charge in [0.15, 0.2) is 0 Å². The summed E-state index contributed by atoms with van der Waals surface area (Å²) in [4.78, 5) is 14.2. The average Bonchev–Trinajstić information content (AvgIpc) is 2.92. The Balaban J connectivity index is 1.66. The minimum Gasteiger partial charge on any atom is -0.266 e. The topological polar surface area (TPSA) is 41.5 Å². The van der Waals surface area contributed by atoms with Crippen LogP contribution < -0.4 is 5.43 Å². The minimum atomic E-state index is -0.182. The van der Waals surface area contributed by atoms with Crippen molar-refractivity contribution in [3.8, 4) is 0 Å². The van der Waals surface area contributed by atoms with Gasteiger partial charge < -0.3 is 0 Å². The Morgan fingerprint density at radius 3 is 3.00 bits per heavy atom. The molecule has 1 aromatic heterocycles. The number of carbonyl (C=O) groups is 1. The average molecular weight is 367 g/mol. The van der Waals surface area contributed by atoms with Crippen LogP contribution in [0.3, 0.4) is 0 Å². The SMILES string of the molecule is CC1CCc2sc(C(=O)N/N=C/c3ccc(Cl)cc3Cl)cc2C1. The standard InChI is InChI=1S/C17H16Cl2N2OS/c1-10-2-5-15-12(6-10)7-16(23-15)17(22)21-20-9-11-3-4-13(18)8-14(11)19/h3-4,7-10H,2,5-6H2,1H3,(H,21,22)/b20-9+. The molecule has 0 bridgehead atoms. The molecule has 23 heavy (non-hydrogen) atoms. The number of rotatable bonds is 3. The number of halogens is 2. The van der Waals surface area contributed by atoms with Crippen molar-refractivity contribution < 1.29 is 4.79 Å². The van der Waals surface area contributed by atoms with E-state index in [2.05, 4.69) is 17.5 Å². The molecule has 1 atom stereocenters. The number of amides is 1. The fraction of sp³-hybridized carbons (Fsp3) is 0.294. The Hall–Kier alpha value is -1.36. The molecule has 1 aliphatic carbocycles. The predicted octanol–water partition coefficient (Wildman–Crippen LogP) is 4.94. The van der Waals surface area contributed by atoms with E-state index in [1.165, 1.54) is 23.1 Å². The molecule has 0 spiro atoms. The fourth-order valence-electron chi connectivity index (χ4n) is 2.64. The Morgan fingerprint density at radius 1 is 1.39 bits per heavy atom. The predicted molar refractivity (Wildman–Crippen MR) is 97.0 cm³/mol. The summed E-state index contributed by atoms with van der Waals surface area (Å²) >= 11 is 13.5. The first-order valence-electron chi connectivity index (χ1n) is 7.43. The van der Waals surface area contributed by atoms with Crippen LogP contribution in [0.1, 0.15) is 39.0 Å². The molecular formula is C17H16Cl2N2OS. The summed E-state index contributed by atoms with van der Waals surface area (Å²) in [5.74, 6) is 0.511. The maximum absolute atomic E-state index is 12.2. The maximum atomic E-state index is 12.2. The first kappa shape index (κ1) is 16.5. The Kier molecular flexibility index (Phi) is 5.05. The fourth-order valence-corrected chi connectivity index (χ4v) is 4.19. The smallest absolute Gasteiger partial charge is 0.266 e. The number of thiophene rings is 1. The zero-order valence-electron chi connectivity index (χ0n) is 12.6. The van der Waals surface area contributed by atoms with Crippen LogP contribution >= 0.6 is 34.5 Å². The lowest BCUT2D eigenvalue weighted by Gasteiger charge is -2.16. The molecule has 3 nitrogen and oxygen atoms in total. The van der Waals surface area contributed by atoms with Gasteiger partial charge in [-0.15, -0.1) is 11.3 Å².